The molecule has 0 aromatic heterocycles. The molecule has 1 atom stereocenters. The Hall–Kier alpha value is -0.610. The quantitative estimate of drug-likeness (QED) is 0.744. The van der Waals surface area contributed by atoms with E-state index in [1.54, 1.807) is 0 Å². The highest BCUT2D eigenvalue weighted by molar-refractivity contribution is 6.30. The monoisotopic (exact) mass is 310 g/mol. The van der Waals surface area contributed by atoms with Gasteiger partial charge in [-0.15, -0.1) is 0 Å². The summed E-state index contributed by atoms with van der Waals surface area (Å²) in [5.41, 5.74) is 1.34. The first-order valence-electron chi connectivity index (χ1n) is 8.08. The van der Waals surface area contributed by atoms with Crippen LogP contribution in [0.3, 0.4) is 0 Å². The fourth-order valence-electron chi connectivity index (χ4n) is 2.77. The summed E-state index contributed by atoms with van der Waals surface area (Å²) in [7, 11) is 0. The molecule has 1 aliphatic rings. The van der Waals surface area contributed by atoms with E-state index in [1.165, 1.54) is 24.8 Å². The van der Waals surface area contributed by atoms with Crippen LogP contribution in [0.15, 0.2) is 24.3 Å². The summed E-state index contributed by atoms with van der Waals surface area (Å²) in [6.07, 6.45) is 3.54. The minimum absolute atomic E-state index is 0.442. The smallest absolute Gasteiger partial charge is 0.0594 e. The largest absolute Gasteiger partial charge is 0.379 e. The average Bonchev–Trinajstić information content (AvgIpc) is 2.52. The van der Waals surface area contributed by atoms with Crippen LogP contribution in [0.4, 0.5) is 0 Å². The SMILES string of the molecule is CCCC(NCCCN1CCOCC1)c1ccc(Cl)cc1. The van der Waals surface area contributed by atoms with Crippen LogP contribution in [-0.4, -0.2) is 44.3 Å². The molecule has 21 heavy (non-hydrogen) atoms. The molecule has 1 fully saturated rings. The van der Waals surface area contributed by atoms with Gasteiger partial charge < -0.3 is 10.1 Å². The summed E-state index contributed by atoms with van der Waals surface area (Å²) < 4.78 is 5.38. The topological polar surface area (TPSA) is 24.5 Å². The van der Waals surface area contributed by atoms with E-state index in [-0.39, 0.29) is 0 Å². The van der Waals surface area contributed by atoms with Gasteiger partial charge in [-0.3, -0.25) is 4.90 Å². The molecule has 3 nitrogen and oxygen atoms in total. The lowest BCUT2D eigenvalue weighted by Gasteiger charge is -2.27. The number of halogens is 1. The van der Waals surface area contributed by atoms with Crippen LogP contribution in [-0.2, 0) is 4.74 Å². The highest BCUT2D eigenvalue weighted by Crippen LogP contribution is 2.20. The zero-order valence-corrected chi connectivity index (χ0v) is 13.7. The van der Waals surface area contributed by atoms with Crippen LogP contribution in [0.2, 0.25) is 5.02 Å². The molecule has 1 saturated heterocycles. The Balaban J connectivity index is 1.73. The standard InChI is InChI=1S/C17H27ClN2O/c1-2-4-17(15-5-7-16(18)8-6-15)19-9-3-10-20-11-13-21-14-12-20/h5-8,17,19H,2-4,9-14H2,1H3. The zero-order chi connectivity index (χ0) is 14.9. The van der Waals surface area contributed by atoms with Gasteiger partial charge in [0.1, 0.15) is 0 Å². The van der Waals surface area contributed by atoms with Crippen LogP contribution in [0.5, 0.6) is 0 Å². The Labute approximate surface area is 133 Å². The van der Waals surface area contributed by atoms with E-state index >= 15 is 0 Å². The lowest BCUT2D eigenvalue weighted by molar-refractivity contribution is 0.0373. The van der Waals surface area contributed by atoms with E-state index in [4.69, 9.17) is 16.3 Å². The van der Waals surface area contributed by atoms with Gasteiger partial charge in [-0.1, -0.05) is 37.1 Å². The van der Waals surface area contributed by atoms with Crippen molar-refractivity contribution in [2.24, 2.45) is 0 Å². The van der Waals surface area contributed by atoms with Crippen molar-refractivity contribution in [3.8, 4) is 0 Å². The maximum atomic E-state index is 5.97. The normalized spacial score (nSPS) is 17.8. The second-order valence-corrected chi connectivity index (χ2v) is 6.09. The van der Waals surface area contributed by atoms with Gasteiger partial charge in [-0.05, 0) is 43.6 Å². The van der Waals surface area contributed by atoms with Gasteiger partial charge in [0.2, 0.25) is 0 Å². The van der Waals surface area contributed by atoms with E-state index in [9.17, 15) is 0 Å². The van der Waals surface area contributed by atoms with Crippen molar-refractivity contribution in [1.82, 2.24) is 10.2 Å². The minimum atomic E-state index is 0.442. The van der Waals surface area contributed by atoms with Gasteiger partial charge in [0.05, 0.1) is 13.2 Å². The number of ether oxygens (including phenoxy) is 1. The summed E-state index contributed by atoms with van der Waals surface area (Å²) in [4.78, 5) is 2.49. The minimum Gasteiger partial charge on any atom is -0.379 e. The molecule has 1 N–H and O–H groups in total. The molecule has 0 saturated carbocycles. The molecule has 1 aromatic rings. The fourth-order valence-corrected chi connectivity index (χ4v) is 2.90. The van der Waals surface area contributed by atoms with Crippen LogP contribution in [0.25, 0.3) is 0 Å². The number of morpholine rings is 1. The van der Waals surface area contributed by atoms with Crippen molar-refractivity contribution >= 4 is 11.6 Å². The molecular formula is C17H27ClN2O. The molecule has 0 bridgehead atoms. The summed E-state index contributed by atoms with van der Waals surface area (Å²) >= 11 is 5.97. The van der Waals surface area contributed by atoms with E-state index in [0.717, 1.165) is 44.4 Å². The molecule has 2 rings (SSSR count). The van der Waals surface area contributed by atoms with Gasteiger partial charge in [0.15, 0.2) is 0 Å². The number of nitrogens with zero attached hydrogens (tertiary/aromatic N) is 1. The predicted molar refractivity (Wildman–Crippen MR) is 89.0 cm³/mol. The fraction of sp³-hybridized carbons (Fsp3) is 0.647. The van der Waals surface area contributed by atoms with Gasteiger partial charge >= 0.3 is 0 Å². The Bertz CT molecular complexity index is 390. The van der Waals surface area contributed by atoms with Crippen LogP contribution < -0.4 is 5.32 Å². The third-order valence-corrected chi connectivity index (χ3v) is 4.25. The molecule has 118 valence electrons. The Morgan fingerprint density at radius 2 is 1.95 bits per heavy atom. The maximum Gasteiger partial charge on any atom is 0.0594 e. The number of benzene rings is 1. The van der Waals surface area contributed by atoms with Gasteiger partial charge in [0.25, 0.3) is 0 Å². The Kier molecular flexibility index (Phi) is 7.51. The first kappa shape index (κ1) is 16.8. The molecule has 0 radical (unpaired) electrons. The van der Waals surface area contributed by atoms with E-state index in [1.807, 2.05) is 12.1 Å². The molecule has 0 spiro atoms. The second-order valence-electron chi connectivity index (χ2n) is 5.65. The van der Waals surface area contributed by atoms with Crippen LogP contribution >= 0.6 is 11.6 Å². The highest BCUT2D eigenvalue weighted by atomic mass is 35.5. The van der Waals surface area contributed by atoms with Crippen molar-refractivity contribution in [3.05, 3.63) is 34.9 Å². The Morgan fingerprint density at radius 3 is 2.62 bits per heavy atom. The third kappa shape index (κ3) is 5.95. The predicted octanol–water partition coefficient (Wildman–Crippen LogP) is 3.49. The average molecular weight is 311 g/mol. The van der Waals surface area contributed by atoms with E-state index in [2.05, 4.69) is 29.3 Å². The molecule has 1 heterocycles. The van der Waals surface area contributed by atoms with Gasteiger partial charge in [-0.2, -0.15) is 0 Å². The van der Waals surface area contributed by atoms with E-state index < -0.39 is 0 Å². The maximum absolute atomic E-state index is 5.97. The van der Waals surface area contributed by atoms with Crippen LogP contribution in [0, 0.1) is 0 Å². The van der Waals surface area contributed by atoms with E-state index in [0.29, 0.717) is 6.04 Å². The summed E-state index contributed by atoms with van der Waals surface area (Å²) in [6.45, 7) is 8.39. The first-order chi connectivity index (χ1) is 10.3. The zero-order valence-electron chi connectivity index (χ0n) is 13.0. The van der Waals surface area contributed by atoms with Gasteiger partial charge in [-0.25, -0.2) is 0 Å². The molecular weight excluding hydrogens is 284 g/mol. The molecule has 0 aliphatic carbocycles. The van der Waals surface area contributed by atoms with Crippen LogP contribution in [0.1, 0.15) is 37.8 Å². The summed E-state index contributed by atoms with van der Waals surface area (Å²) in [6, 6.07) is 8.68. The number of hydrogen-bond donors (Lipinski definition) is 1. The lowest BCUT2D eigenvalue weighted by atomic mass is 10.0. The van der Waals surface area contributed by atoms with Crippen molar-refractivity contribution in [2.45, 2.75) is 32.2 Å². The van der Waals surface area contributed by atoms with Crippen molar-refractivity contribution in [1.29, 1.82) is 0 Å². The lowest BCUT2D eigenvalue weighted by Crippen LogP contribution is -2.38. The van der Waals surface area contributed by atoms with Crippen molar-refractivity contribution in [3.63, 3.8) is 0 Å². The van der Waals surface area contributed by atoms with Gasteiger partial charge in [0, 0.05) is 24.2 Å². The molecule has 0 amide bonds. The van der Waals surface area contributed by atoms with Crippen molar-refractivity contribution in [2.75, 3.05) is 39.4 Å². The number of hydrogen-bond acceptors (Lipinski definition) is 3. The first-order valence-corrected chi connectivity index (χ1v) is 8.46. The Morgan fingerprint density at radius 1 is 1.24 bits per heavy atom. The molecule has 1 unspecified atom stereocenters. The van der Waals surface area contributed by atoms with Crippen molar-refractivity contribution < 1.29 is 4.74 Å². The molecule has 1 aromatic carbocycles. The number of nitrogens with one attached hydrogen (secondary N) is 1. The summed E-state index contributed by atoms with van der Waals surface area (Å²) in [5.74, 6) is 0. The highest BCUT2D eigenvalue weighted by Gasteiger charge is 2.11. The number of rotatable bonds is 8. The third-order valence-electron chi connectivity index (χ3n) is 4.00. The molecule has 4 heteroatoms. The molecule has 1 aliphatic heterocycles. The summed E-state index contributed by atoms with van der Waals surface area (Å²) in [5, 5.41) is 4.50. The second kappa shape index (κ2) is 9.42.